The van der Waals surface area contributed by atoms with Crippen LogP contribution >= 0.6 is 0 Å². The van der Waals surface area contributed by atoms with Crippen molar-refractivity contribution in [2.75, 3.05) is 49.6 Å². The summed E-state index contributed by atoms with van der Waals surface area (Å²) in [5.74, 6) is 1.04. The molecule has 0 aliphatic carbocycles. The van der Waals surface area contributed by atoms with Gasteiger partial charge < -0.3 is 25.3 Å². The molecular weight excluding hydrogens is 516 g/mol. The number of urea groups is 1. The van der Waals surface area contributed by atoms with Gasteiger partial charge in [0.05, 0.1) is 24.6 Å². The van der Waals surface area contributed by atoms with Crippen molar-refractivity contribution >= 4 is 34.1 Å². The van der Waals surface area contributed by atoms with Gasteiger partial charge in [-0.1, -0.05) is 30.3 Å². The van der Waals surface area contributed by atoms with Crippen molar-refractivity contribution in [3.63, 3.8) is 0 Å². The number of para-hydroxylation sites is 1. The van der Waals surface area contributed by atoms with Gasteiger partial charge in [0.25, 0.3) is 0 Å². The summed E-state index contributed by atoms with van der Waals surface area (Å²) in [6, 6.07) is 22.2. The minimum Gasteiger partial charge on any atom is -0.378 e. The van der Waals surface area contributed by atoms with E-state index in [0.717, 1.165) is 90.6 Å². The first-order valence-corrected chi connectivity index (χ1v) is 14.3. The zero-order valence-corrected chi connectivity index (χ0v) is 22.9. The number of nitrogens with zero attached hydrogens (tertiary/aromatic N) is 5. The highest BCUT2D eigenvalue weighted by atomic mass is 16.5. The Balaban J connectivity index is 1.08. The van der Waals surface area contributed by atoms with Crippen molar-refractivity contribution in [3.05, 3.63) is 78.6 Å². The Morgan fingerprint density at radius 2 is 1.80 bits per heavy atom. The number of morpholine rings is 1. The van der Waals surface area contributed by atoms with Gasteiger partial charge in [0.15, 0.2) is 5.65 Å². The van der Waals surface area contributed by atoms with Crippen LogP contribution in [0, 0.1) is 0 Å². The average molecular weight is 551 g/mol. The quantitative estimate of drug-likeness (QED) is 0.288. The molecule has 0 atom stereocenters. The molecule has 0 radical (unpaired) electrons. The van der Waals surface area contributed by atoms with E-state index >= 15 is 0 Å². The highest BCUT2D eigenvalue weighted by Crippen LogP contribution is 2.31. The molecule has 2 saturated heterocycles. The molecule has 5 aromatic rings. The van der Waals surface area contributed by atoms with E-state index in [1.165, 1.54) is 0 Å². The zero-order chi connectivity index (χ0) is 27.6. The minimum absolute atomic E-state index is 0.150. The molecule has 2 aliphatic heterocycles. The lowest BCUT2D eigenvalue weighted by molar-refractivity contribution is 0.122. The highest BCUT2D eigenvalue weighted by molar-refractivity contribution is 5.94. The molecule has 210 valence electrons. The number of ether oxygens (including phenoxy) is 1. The lowest BCUT2D eigenvalue weighted by Crippen LogP contribution is -2.45. The van der Waals surface area contributed by atoms with Crippen LogP contribution in [0.1, 0.15) is 18.5 Å². The van der Waals surface area contributed by atoms with Crippen molar-refractivity contribution in [3.8, 4) is 11.3 Å². The van der Waals surface area contributed by atoms with Crippen molar-refractivity contribution in [1.29, 1.82) is 0 Å². The first-order valence-electron chi connectivity index (χ1n) is 14.3. The van der Waals surface area contributed by atoms with Crippen LogP contribution in [-0.2, 0) is 11.3 Å². The molecule has 3 N–H and O–H groups in total. The minimum atomic E-state index is -0.150. The SMILES string of the molecule is O=C(Nc1ccccc1)NC1CCN(Cc2cc3nc(-c4cccc5[nH]ccc45)cc(N4CCOCC4)n3n2)CC1. The van der Waals surface area contributed by atoms with E-state index in [9.17, 15) is 4.79 Å². The molecule has 2 amide bonds. The predicted octanol–water partition coefficient (Wildman–Crippen LogP) is 4.50. The van der Waals surface area contributed by atoms with Gasteiger partial charge in [-0.15, -0.1) is 0 Å². The molecule has 41 heavy (non-hydrogen) atoms. The van der Waals surface area contributed by atoms with Gasteiger partial charge in [-0.3, -0.25) is 4.90 Å². The Kier molecular flexibility index (Phi) is 7.00. The topological polar surface area (TPSA) is 103 Å². The van der Waals surface area contributed by atoms with Crippen LogP contribution in [0.5, 0.6) is 0 Å². The largest absolute Gasteiger partial charge is 0.378 e. The number of aromatic nitrogens is 4. The molecule has 7 rings (SSSR count). The fourth-order valence-corrected chi connectivity index (χ4v) is 5.89. The number of carbonyl (C=O) groups excluding carboxylic acids is 1. The van der Waals surface area contributed by atoms with Crippen LogP contribution in [0.15, 0.2) is 72.9 Å². The van der Waals surface area contributed by atoms with Crippen LogP contribution in [0.3, 0.4) is 0 Å². The second-order valence-electron chi connectivity index (χ2n) is 10.8. The number of anilines is 2. The van der Waals surface area contributed by atoms with Gasteiger partial charge in [0.2, 0.25) is 0 Å². The number of hydrogen-bond donors (Lipinski definition) is 3. The standard InChI is InChI=1S/C31H34N8O2/c40-31(33-22-5-2-1-3-6-22)34-23-10-13-37(14-11-23)21-24-19-29-35-28(25-7-4-8-27-26(25)9-12-32-27)20-30(39(29)36-24)38-15-17-41-18-16-38/h1-9,12,19-20,23,32H,10-11,13-18,21H2,(H2,33,34,40). The fraction of sp³-hybridized carbons (Fsp3) is 0.323. The summed E-state index contributed by atoms with van der Waals surface area (Å²) in [4.78, 5) is 25.6. The summed E-state index contributed by atoms with van der Waals surface area (Å²) in [7, 11) is 0. The molecule has 0 saturated carbocycles. The molecule has 0 unspecified atom stereocenters. The summed E-state index contributed by atoms with van der Waals surface area (Å²) in [5.41, 5.74) is 5.79. The van der Waals surface area contributed by atoms with Crippen molar-refractivity contribution in [2.45, 2.75) is 25.4 Å². The van der Waals surface area contributed by atoms with Crippen LogP contribution in [0.4, 0.5) is 16.3 Å². The van der Waals surface area contributed by atoms with E-state index in [-0.39, 0.29) is 12.1 Å². The van der Waals surface area contributed by atoms with Gasteiger partial charge >= 0.3 is 6.03 Å². The van der Waals surface area contributed by atoms with Crippen molar-refractivity contribution in [1.82, 2.24) is 29.8 Å². The Labute approximate surface area is 238 Å². The smallest absolute Gasteiger partial charge is 0.319 e. The van der Waals surface area contributed by atoms with E-state index < -0.39 is 0 Å². The predicted molar refractivity (Wildman–Crippen MR) is 160 cm³/mol. The van der Waals surface area contributed by atoms with E-state index in [1.54, 1.807) is 0 Å². The molecule has 2 aromatic carbocycles. The number of rotatable bonds is 6. The maximum absolute atomic E-state index is 12.4. The summed E-state index contributed by atoms with van der Waals surface area (Å²) in [5, 5.41) is 12.2. The molecule has 0 bridgehead atoms. The van der Waals surface area contributed by atoms with E-state index in [4.69, 9.17) is 14.8 Å². The van der Waals surface area contributed by atoms with E-state index in [1.807, 2.05) is 41.0 Å². The third-order valence-electron chi connectivity index (χ3n) is 8.01. The maximum atomic E-state index is 12.4. The van der Waals surface area contributed by atoms with Crippen LogP contribution in [0.25, 0.3) is 27.8 Å². The number of H-pyrrole nitrogens is 1. The number of amides is 2. The van der Waals surface area contributed by atoms with E-state index in [0.29, 0.717) is 13.2 Å². The first kappa shape index (κ1) is 25.6. The zero-order valence-electron chi connectivity index (χ0n) is 22.9. The molecule has 3 aromatic heterocycles. The van der Waals surface area contributed by atoms with Gasteiger partial charge in [0, 0.05) is 79.2 Å². The highest BCUT2D eigenvalue weighted by Gasteiger charge is 2.23. The molecule has 5 heterocycles. The second-order valence-corrected chi connectivity index (χ2v) is 10.8. The van der Waals surface area contributed by atoms with Gasteiger partial charge in [-0.2, -0.15) is 9.61 Å². The fourth-order valence-electron chi connectivity index (χ4n) is 5.89. The summed E-state index contributed by atoms with van der Waals surface area (Å²) in [6.07, 6.45) is 3.77. The molecule has 2 fully saturated rings. The van der Waals surface area contributed by atoms with Gasteiger partial charge in [-0.25, -0.2) is 9.78 Å². The van der Waals surface area contributed by atoms with Crippen molar-refractivity contribution < 1.29 is 9.53 Å². The Bertz CT molecular complexity index is 1650. The monoisotopic (exact) mass is 550 g/mol. The molecule has 10 nitrogen and oxygen atoms in total. The Morgan fingerprint density at radius 3 is 2.63 bits per heavy atom. The number of fused-ring (bicyclic) bond motifs is 2. The Hall–Kier alpha value is -4.41. The lowest BCUT2D eigenvalue weighted by Gasteiger charge is -2.31. The molecule has 10 heteroatoms. The Morgan fingerprint density at radius 1 is 0.976 bits per heavy atom. The number of likely N-dealkylation sites (tertiary alicyclic amines) is 1. The number of nitrogens with one attached hydrogen (secondary N) is 3. The summed E-state index contributed by atoms with van der Waals surface area (Å²) in [6.45, 7) is 5.59. The van der Waals surface area contributed by atoms with Gasteiger partial charge in [-0.05, 0) is 37.1 Å². The second kappa shape index (κ2) is 11.2. The molecule has 0 spiro atoms. The van der Waals surface area contributed by atoms with Crippen LogP contribution in [-0.4, -0.2) is 75.9 Å². The maximum Gasteiger partial charge on any atom is 0.319 e. The first-order chi connectivity index (χ1) is 20.2. The molecule has 2 aliphatic rings. The summed E-state index contributed by atoms with van der Waals surface area (Å²) < 4.78 is 7.63. The third-order valence-corrected chi connectivity index (χ3v) is 8.01. The number of benzene rings is 2. The van der Waals surface area contributed by atoms with E-state index in [2.05, 4.69) is 61.8 Å². The number of aromatic amines is 1. The number of carbonyl (C=O) groups is 1. The average Bonchev–Trinajstić information content (AvgIpc) is 3.65. The third kappa shape index (κ3) is 5.48. The summed E-state index contributed by atoms with van der Waals surface area (Å²) >= 11 is 0. The van der Waals surface area contributed by atoms with Crippen LogP contribution in [0.2, 0.25) is 0 Å². The molecular formula is C31H34N8O2. The lowest BCUT2D eigenvalue weighted by atomic mass is 10.1. The van der Waals surface area contributed by atoms with Crippen molar-refractivity contribution in [2.24, 2.45) is 0 Å². The van der Waals surface area contributed by atoms with Gasteiger partial charge in [0.1, 0.15) is 5.82 Å². The normalized spacial score (nSPS) is 16.8. The van der Waals surface area contributed by atoms with Crippen LogP contribution < -0.4 is 15.5 Å². The number of piperidine rings is 1. The number of hydrogen-bond acceptors (Lipinski definition) is 6.